The summed E-state index contributed by atoms with van der Waals surface area (Å²) >= 11 is 0. The molecule has 1 saturated heterocycles. The van der Waals surface area contributed by atoms with E-state index in [4.69, 9.17) is 9.84 Å². The summed E-state index contributed by atoms with van der Waals surface area (Å²) in [5.41, 5.74) is -1.30. The molecule has 0 amide bonds. The monoisotopic (exact) mass is 169 g/mol. The zero-order valence-corrected chi connectivity index (χ0v) is 6.24. The zero-order valence-electron chi connectivity index (χ0n) is 6.24. The van der Waals surface area contributed by atoms with Crippen molar-refractivity contribution in [3.63, 3.8) is 0 Å². The summed E-state index contributed by atoms with van der Waals surface area (Å²) < 4.78 is 4.96. The number of rotatable bonds is 1. The van der Waals surface area contributed by atoms with Crippen LogP contribution >= 0.6 is 0 Å². The van der Waals surface area contributed by atoms with Crippen molar-refractivity contribution in [3.8, 4) is 5.75 Å². The van der Waals surface area contributed by atoms with Gasteiger partial charge >= 0.3 is 0 Å². The van der Waals surface area contributed by atoms with Crippen LogP contribution in [0, 0.1) is 0 Å². The Balaban J connectivity index is 2.35. The van der Waals surface area contributed by atoms with Crippen molar-refractivity contribution < 1.29 is 9.84 Å². The van der Waals surface area contributed by atoms with Crippen LogP contribution in [0.1, 0.15) is 0 Å². The summed E-state index contributed by atoms with van der Waals surface area (Å²) in [6.45, 7) is 1.36. The van der Waals surface area contributed by atoms with E-state index < -0.39 is 16.6 Å². The minimum atomic E-state index is -0.795. The topological polar surface area (TPSA) is 66.8 Å². The molecule has 64 valence electrons. The van der Waals surface area contributed by atoms with Gasteiger partial charge in [0.15, 0.2) is 5.75 Å². The van der Waals surface area contributed by atoms with Crippen LogP contribution in [0.2, 0.25) is 0 Å². The highest BCUT2D eigenvalue weighted by molar-refractivity contribution is 5.62. The van der Waals surface area contributed by atoms with Gasteiger partial charge in [0, 0.05) is 6.54 Å². The van der Waals surface area contributed by atoms with Crippen LogP contribution in [0.4, 0.5) is 5.69 Å². The van der Waals surface area contributed by atoms with Gasteiger partial charge in [-0.25, -0.2) is 0 Å². The van der Waals surface area contributed by atoms with Crippen molar-refractivity contribution in [2.75, 3.05) is 24.8 Å². The first-order valence-corrected chi connectivity index (χ1v) is 3.57. The third kappa shape index (κ3) is 0.767. The first-order chi connectivity index (χ1) is 5.72. The summed E-state index contributed by atoms with van der Waals surface area (Å²) in [6.07, 6.45) is 0. The molecule has 1 aromatic carbocycles. The fraction of sp³-hybridized carbons (Fsp3) is 0.429. The summed E-state index contributed by atoms with van der Waals surface area (Å²) in [7, 11) is 0. The van der Waals surface area contributed by atoms with Crippen LogP contribution in [0.5, 0.6) is 5.75 Å². The second-order valence-corrected chi connectivity index (χ2v) is 2.66. The SMILES string of the molecule is O=c1c(O)c(N2CCOC2)c1=O. The minimum Gasteiger partial charge on any atom is -0.502 e. The lowest BCUT2D eigenvalue weighted by Crippen LogP contribution is -2.38. The van der Waals surface area contributed by atoms with E-state index in [1.165, 1.54) is 0 Å². The van der Waals surface area contributed by atoms with E-state index in [1.54, 1.807) is 4.90 Å². The summed E-state index contributed by atoms with van der Waals surface area (Å²) in [4.78, 5) is 23.1. The van der Waals surface area contributed by atoms with Crippen molar-refractivity contribution >= 4 is 5.69 Å². The van der Waals surface area contributed by atoms with Crippen LogP contribution in [0.25, 0.3) is 0 Å². The largest absolute Gasteiger partial charge is 0.502 e. The average molecular weight is 169 g/mol. The molecule has 0 saturated carbocycles. The number of anilines is 1. The molecule has 1 heterocycles. The van der Waals surface area contributed by atoms with Crippen molar-refractivity contribution in [1.29, 1.82) is 0 Å². The van der Waals surface area contributed by atoms with E-state index in [1.807, 2.05) is 0 Å². The van der Waals surface area contributed by atoms with Gasteiger partial charge < -0.3 is 14.7 Å². The van der Waals surface area contributed by atoms with Gasteiger partial charge in [0.1, 0.15) is 12.4 Å². The molecule has 5 heteroatoms. The summed E-state index contributed by atoms with van der Waals surface area (Å²) in [6, 6.07) is 0. The lowest BCUT2D eigenvalue weighted by atomic mass is 10.2. The predicted octanol–water partition coefficient (Wildman–Crippen LogP) is -1.22. The van der Waals surface area contributed by atoms with Crippen LogP contribution in [0.15, 0.2) is 9.59 Å². The summed E-state index contributed by atoms with van der Waals surface area (Å²) in [5.74, 6) is -0.425. The summed E-state index contributed by atoms with van der Waals surface area (Å²) in [5, 5.41) is 9.02. The molecule has 0 radical (unpaired) electrons. The molecule has 0 unspecified atom stereocenters. The van der Waals surface area contributed by atoms with E-state index in [-0.39, 0.29) is 12.4 Å². The Bertz CT molecular complexity index is 371. The zero-order chi connectivity index (χ0) is 8.72. The van der Waals surface area contributed by atoms with Crippen LogP contribution in [-0.2, 0) is 4.74 Å². The van der Waals surface area contributed by atoms with E-state index in [9.17, 15) is 9.59 Å². The molecule has 0 aromatic heterocycles. The highest BCUT2D eigenvalue weighted by Crippen LogP contribution is 2.21. The van der Waals surface area contributed by atoms with Gasteiger partial charge in [-0.2, -0.15) is 0 Å². The standard InChI is InChI=1S/C7H7NO4/c9-5-4(6(10)7(5)11)8-1-2-12-3-8/h9H,1-3H2. The Morgan fingerprint density at radius 2 is 2.08 bits per heavy atom. The second kappa shape index (κ2) is 2.31. The van der Waals surface area contributed by atoms with Gasteiger partial charge in [-0.3, -0.25) is 9.59 Å². The molecule has 2 rings (SSSR count). The first kappa shape index (κ1) is 7.30. The second-order valence-electron chi connectivity index (χ2n) is 2.66. The Morgan fingerprint density at radius 3 is 2.58 bits per heavy atom. The normalized spacial score (nSPS) is 17.5. The van der Waals surface area contributed by atoms with E-state index in [0.717, 1.165) is 0 Å². The molecule has 0 atom stereocenters. The molecule has 0 bridgehead atoms. The number of aromatic hydroxyl groups is 1. The Labute approximate surface area is 67.5 Å². The Kier molecular flexibility index (Phi) is 1.41. The minimum absolute atomic E-state index is 0.109. The van der Waals surface area contributed by atoms with E-state index >= 15 is 0 Å². The van der Waals surface area contributed by atoms with Gasteiger partial charge in [0.05, 0.1) is 6.61 Å². The fourth-order valence-electron chi connectivity index (χ4n) is 1.25. The van der Waals surface area contributed by atoms with Crippen LogP contribution < -0.4 is 15.8 Å². The molecule has 5 nitrogen and oxygen atoms in total. The van der Waals surface area contributed by atoms with Crippen molar-refractivity contribution in [2.24, 2.45) is 0 Å². The van der Waals surface area contributed by atoms with Crippen molar-refractivity contribution in [1.82, 2.24) is 0 Å². The maximum absolute atomic E-state index is 10.9. The van der Waals surface area contributed by atoms with Crippen LogP contribution in [-0.4, -0.2) is 25.0 Å². The highest BCUT2D eigenvalue weighted by atomic mass is 16.5. The predicted molar refractivity (Wildman–Crippen MR) is 41.2 cm³/mol. The van der Waals surface area contributed by atoms with E-state index in [2.05, 4.69) is 0 Å². The molecular weight excluding hydrogens is 162 g/mol. The van der Waals surface area contributed by atoms with Gasteiger partial charge in [0.2, 0.25) is 0 Å². The van der Waals surface area contributed by atoms with Crippen molar-refractivity contribution in [2.45, 2.75) is 0 Å². The molecule has 1 N–H and O–H groups in total. The molecule has 1 aromatic rings. The van der Waals surface area contributed by atoms with Gasteiger partial charge in [-0.05, 0) is 0 Å². The lowest BCUT2D eigenvalue weighted by molar-refractivity contribution is 0.200. The fourth-order valence-corrected chi connectivity index (χ4v) is 1.25. The quantitative estimate of drug-likeness (QED) is 0.534. The van der Waals surface area contributed by atoms with Gasteiger partial charge in [0.25, 0.3) is 10.9 Å². The highest BCUT2D eigenvalue weighted by Gasteiger charge is 2.27. The number of hydrogen-bond acceptors (Lipinski definition) is 5. The van der Waals surface area contributed by atoms with Crippen molar-refractivity contribution in [3.05, 3.63) is 20.4 Å². The number of hydrogen-bond donors (Lipinski definition) is 1. The molecule has 0 aliphatic carbocycles. The maximum Gasteiger partial charge on any atom is 0.271 e. The Hall–Kier alpha value is -1.36. The maximum atomic E-state index is 10.9. The Morgan fingerprint density at radius 1 is 1.33 bits per heavy atom. The smallest absolute Gasteiger partial charge is 0.271 e. The molecular formula is C7H7NO4. The third-order valence-corrected chi connectivity index (χ3v) is 1.93. The average Bonchev–Trinajstić information content (AvgIpc) is 2.57. The number of ether oxygens (including phenoxy) is 1. The molecule has 1 aliphatic rings. The van der Waals surface area contributed by atoms with Gasteiger partial charge in [-0.1, -0.05) is 0 Å². The molecule has 1 fully saturated rings. The molecule has 1 aliphatic heterocycles. The first-order valence-electron chi connectivity index (χ1n) is 3.57. The third-order valence-electron chi connectivity index (χ3n) is 1.93. The number of nitrogens with zero attached hydrogens (tertiary/aromatic N) is 1. The van der Waals surface area contributed by atoms with E-state index in [0.29, 0.717) is 13.2 Å². The molecule has 0 spiro atoms. The van der Waals surface area contributed by atoms with Crippen LogP contribution in [0.3, 0.4) is 0 Å². The van der Waals surface area contributed by atoms with Gasteiger partial charge in [-0.15, -0.1) is 0 Å². The molecule has 12 heavy (non-hydrogen) atoms. The lowest BCUT2D eigenvalue weighted by Gasteiger charge is -2.16.